The van der Waals surface area contributed by atoms with E-state index in [1.165, 1.54) is 12.1 Å². The maximum atomic E-state index is 13.6. The second-order valence-corrected chi connectivity index (χ2v) is 4.36. The molecule has 1 heterocycles. The summed E-state index contributed by atoms with van der Waals surface area (Å²) < 4.78 is 15.5. The van der Waals surface area contributed by atoms with E-state index in [0.717, 1.165) is 25.5 Å². The van der Waals surface area contributed by atoms with Gasteiger partial charge in [0.25, 0.3) is 5.69 Å². The molecule has 1 N–H and O–H groups in total. The van der Waals surface area contributed by atoms with Gasteiger partial charge in [0, 0.05) is 31.5 Å². The number of hydrogen-bond acceptors (Lipinski definition) is 4. The molecule has 0 bridgehead atoms. The number of nitro benzene ring substituents is 1. The molecule has 0 spiro atoms. The summed E-state index contributed by atoms with van der Waals surface area (Å²) in [6.45, 7) is 1.48. The lowest BCUT2D eigenvalue weighted by Gasteiger charge is -2.07. The average Bonchev–Trinajstić information content (AvgIpc) is 2.93. The third-order valence-electron chi connectivity index (χ3n) is 2.88. The number of hydrogen-bond donors (Lipinski definition) is 1. The highest BCUT2D eigenvalue weighted by Gasteiger charge is 2.09. The average molecular weight is 278 g/mol. The van der Waals surface area contributed by atoms with E-state index in [4.69, 9.17) is 0 Å². The first kappa shape index (κ1) is 14.0. The maximum Gasteiger partial charge on any atom is 0.272 e. The normalized spacial score (nSPS) is 10.4. The minimum absolute atomic E-state index is 0.242. The van der Waals surface area contributed by atoms with Crippen LogP contribution in [0.1, 0.15) is 12.8 Å². The summed E-state index contributed by atoms with van der Waals surface area (Å²) in [6.07, 6.45) is 7.18. The van der Waals surface area contributed by atoms with Crippen molar-refractivity contribution >= 4 is 11.4 Å². The van der Waals surface area contributed by atoms with Crippen LogP contribution in [0.4, 0.5) is 15.8 Å². The van der Waals surface area contributed by atoms with Crippen LogP contribution in [0.5, 0.6) is 0 Å². The van der Waals surface area contributed by atoms with Gasteiger partial charge in [0.1, 0.15) is 0 Å². The summed E-state index contributed by atoms with van der Waals surface area (Å²) in [5.74, 6) is -0.603. The summed E-state index contributed by atoms with van der Waals surface area (Å²) in [5.41, 5.74) is 0.0476. The molecular weight excluding hydrogens is 263 g/mol. The fourth-order valence-corrected chi connectivity index (χ4v) is 1.82. The Balaban J connectivity index is 1.75. The second-order valence-electron chi connectivity index (χ2n) is 4.36. The molecular formula is C13H15FN4O2. The highest BCUT2D eigenvalue weighted by molar-refractivity contribution is 5.49. The molecule has 0 aliphatic rings. The smallest absolute Gasteiger partial charge is 0.272 e. The van der Waals surface area contributed by atoms with Gasteiger partial charge in [0.15, 0.2) is 5.82 Å². The molecule has 0 fully saturated rings. The van der Waals surface area contributed by atoms with Crippen molar-refractivity contribution in [3.8, 4) is 0 Å². The van der Waals surface area contributed by atoms with Crippen molar-refractivity contribution in [1.82, 2.24) is 9.55 Å². The van der Waals surface area contributed by atoms with Crippen molar-refractivity contribution in [2.24, 2.45) is 0 Å². The number of imidazole rings is 1. The number of halogens is 1. The predicted octanol–water partition coefficient (Wildman–Crippen LogP) is 2.82. The van der Waals surface area contributed by atoms with Gasteiger partial charge in [-0.25, -0.2) is 9.37 Å². The van der Waals surface area contributed by atoms with Gasteiger partial charge in [-0.1, -0.05) is 0 Å². The predicted molar refractivity (Wildman–Crippen MR) is 73.0 cm³/mol. The molecule has 0 saturated heterocycles. The summed E-state index contributed by atoms with van der Waals surface area (Å²) in [7, 11) is 0. The molecule has 6 nitrogen and oxygen atoms in total. The number of non-ortho nitro benzene ring substituents is 1. The zero-order valence-electron chi connectivity index (χ0n) is 10.8. The molecule has 2 aromatic rings. The van der Waals surface area contributed by atoms with E-state index < -0.39 is 10.7 Å². The molecule has 0 atom stereocenters. The number of aryl methyl sites for hydroxylation is 1. The summed E-state index contributed by atoms with van der Waals surface area (Å²) >= 11 is 0. The van der Waals surface area contributed by atoms with Crippen molar-refractivity contribution in [3.05, 3.63) is 52.9 Å². The molecule has 7 heteroatoms. The van der Waals surface area contributed by atoms with E-state index in [1.54, 1.807) is 12.5 Å². The zero-order chi connectivity index (χ0) is 14.4. The third-order valence-corrected chi connectivity index (χ3v) is 2.88. The van der Waals surface area contributed by atoms with E-state index in [9.17, 15) is 14.5 Å². The van der Waals surface area contributed by atoms with Gasteiger partial charge in [0.2, 0.25) is 0 Å². The Hall–Kier alpha value is -2.44. The van der Waals surface area contributed by atoms with Crippen LogP contribution in [0.15, 0.2) is 36.9 Å². The SMILES string of the molecule is O=[N+]([O-])c1ccc(NCCCCn2ccnc2)c(F)c1. The van der Waals surface area contributed by atoms with Crippen LogP contribution in [0.2, 0.25) is 0 Å². The van der Waals surface area contributed by atoms with Crippen molar-refractivity contribution in [2.45, 2.75) is 19.4 Å². The van der Waals surface area contributed by atoms with Gasteiger partial charge in [-0.2, -0.15) is 0 Å². The topological polar surface area (TPSA) is 73.0 Å². The number of unbranched alkanes of at least 4 members (excludes halogenated alkanes) is 1. The molecule has 106 valence electrons. The number of benzene rings is 1. The van der Waals surface area contributed by atoms with E-state index in [2.05, 4.69) is 10.3 Å². The summed E-state index contributed by atoms with van der Waals surface area (Å²) in [4.78, 5) is 13.8. The van der Waals surface area contributed by atoms with Crippen LogP contribution in [-0.2, 0) is 6.54 Å². The number of nitrogens with one attached hydrogen (secondary N) is 1. The first-order chi connectivity index (χ1) is 9.66. The number of anilines is 1. The highest BCUT2D eigenvalue weighted by atomic mass is 19.1. The molecule has 0 unspecified atom stereocenters. The van der Waals surface area contributed by atoms with Crippen LogP contribution >= 0.6 is 0 Å². The Kier molecular flexibility index (Phi) is 4.65. The number of rotatable bonds is 7. The lowest BCUT2D eigenvalue weighted by Crippen LogP contribution is -2.05. The lowest BCUT2D eigenvalue weighted by atomic mass is 10.2. The molecule has 0 saturated carbocycles. The monoisotopic (exact) mass is 278 g/mol. The number of nitrogens with zero attached hydrogens (tertiary/aromatic N) is 3. The quantitative estimate of drug-likeness (QED) is 0.480. The molecule has 1 aromatic heterocycles. The first-order valence-electron chi connectivity index (χ1n) is 6.30. The second kappa shape index (κ2) is 6.65. The zero-order valence-corrected chi connectivity index (χ0v) is 10.8. The Morgan fingerprint density at radius 1 is 1.40 bits per heavy atom. The van der Waals surface area contributed by atoms with Gasteiger partial charge in [-0.3, -0.25) is 10.1 Å². The fraction of sp³-hybridized carbons (Fsp3) is 0.308. The third kappa shape index (κ3) is 3.78. The molecule has 20 heavy (non-hydrogen) atoms. The Morgan fingerprint density at radius 3 is 2.90 bits per heavy atom. The molecule has 0 aliphatic heterocycles. The number of nitro groups is 1. The van der Waals surface area contributed by atoms with Gasteiger partial charge < -0.3 is 9.88 Å². The minimum Gasteiger partial charge on any atom is -0.383 e. The van der Waals surface area contributed by atoms with Crippen molar-refractivity contribution in [2.75, 3.05) is 11.9 Å². The standard InChI is InChI=1S/C13H15FN4O2/c14-12-9-11(18(19)20)3-4-13(12)16-5-1-2-7-17-8-6-15-10-17/h3-4,6,8-10,16H,1-2,5,7H2. The summed E-state index contributed by atoms with van der Waals surface area (Å²) in [6, 6.07) is 3.61. The van der Waals surface area contributed by atoms with E-state index >= 15 is 0 Å². The molecule has 1 aromatic carbocycles. The van der Waals surface area contributed by atoms with Crippen molar-refractivity contribution < 1.29 is 9.31 Å². The Bertz CT molecular complexity index is 572. The lowest BCUT2D eigenvalue weighted by molar-refractivity contribution is -0.385. The largest absolute Gasteiger partial charge is 0.383 e. The van der Waals surface area contributed by atoms with Crippen LogP contribution in [0.25, 0.3) is 0 Å². The van der Waals surface area contributed by atoms with Gasteiger partial charge >= 0.3 is 0 Å². The van der Waals surface area contributed by atoms with Gasteiger partial charge in [0.05, 0.1) is 23.0 Å². The Morgan fingerprint density at radius 2 is 2.25 bits per heavy atom. The van der Waals surface area contributed by atoms with Crippen LogP contribution < -0.4 is 5.32 Å². The Labute approximate surface area is 115 Å². The van der Waals surface area contributed by atoms with Crippen molar-refractivity contribution in [1.29, 1.82) is 0 Å². The number of aromatic nitrogens is 2. The van der Waals surface area contributed by atoms with Crippen LogP contribution in [0, 0.1) is 15.9 Å². The van der Waals surface area contributed by atoms with E-state index in [-0.39, 0.29) is 5.69 Å². The van der Waals surface area contributed by atoms with Crippen LogP contribution in [0.3, 0.4) is 0 Å². The van der Waals surface area contributed by atoms with E-state index in [1.807, 2.05) is 10.8 Å². The minimum atomic E-state index is -0.613. The van der Waals surface area contributed by atoms with Crippen molar-refractivity contribution in [3.63, 3.8) is 0 Å². The fourth-order valence-electron chi connectivity index (χ4n) is 1.82. The molecule has 0 radical (unpaired) electrons. The highest BCUT2D eigenvalue weighted by Crippen LogP contribution is 2.20. The molecule has 2 rings (SSSR count). The first-order valence-corrected chi connectivity index (χ1v) is 6.30. The summed E-state index contributed by atoms with van der Waals surface area (Å²) in [5, 5.41) is 13.4. The molecule has 0 amide bonds. The van der Waals surface area contributed by atoms with E-state index in [0.29, 0.717) is 12.2 Å². The van der Waals surface area contributed by atoms with Gasteiger partial charge in [-0.05, 0) is 18.9 Å². The maximum absolute atomic E-state index is 13.6. The van der Waals surface area contributed by atoms with Gasteiger partial charge in [-0.15, -0.1) is 0 Å². The molecule has 0 aliphatic carbocycles. The van der Waals surface area contributed by atoms with Crippen LogP contribution in [-0.4, -0.2) is 21.0 Å².